The molecule has 0 radical (unpaired) electrons. The highest BCUT2D eigenvalue weighted by molar-refractivity contribution is 9.11. The Kier molecular flexibility index (Phi) is 10.4. The van der Waals surface area contributed by atoms with Crippen LogP contribution in [0.5, 0.6) is 0 Å². The topological polar surface area (TPSA) is 0 Å². The lowest BCUT2D eigenvalue weighted by molar-refractivity contribution is 0.680. The van der Waals surface area contributed by atoms with Crippen molar-refractivity contribution in [3.63, 3.8) is 0 Å². The Balaban J connectivity index is 2.77. The molecular weight excluding hydrogens is 256 g/mol. The minimum absolute atomic E-state index is 1.15. The molecule has 0 amide bonds. The molecule has 0 aliphatic carbocycles. The lowest BCUT2D eigenvalue weighted by Gasteiger charge is -1.94. The van der Waals surface area contributed by atoms with Crippen LogP contribution in [0.15, 0.2) is 11.1 Å². The van der Waals surface area contributed by atoms with Crippen LogP contribution in [0.1, 0.15) is 32.1 Å². The lowest BCUT2D eigenvalue weighted by Crippen LogP contribution is -1.77. The van der Waals surface area contributed by atoms with Gasteiger partial charge in [-0.05, 0) is 24.2 Å². The van der Waals surface area contributed by atoms with Crippen molar-refractivity contribution in [2.45, 2.75) is 32.1 Å². The van der Waals surface area contributed by atoms with E-state index in [0.717, 1.165) is 5.33 Å². The number of alkyl halides is 1. The Morgan fingerprint density at radius 1 is 1.00 bits per heavy atom. The quantitative estimate of drug-likeness (QED) is 0.500. The van der Waals surface area contributed by atoms with Gasteiger partial charge in [-0.3, -0.25) is 0 Å². The zero-order valence-corrected chi connectivity index (χ0v) is 9.33. The van der Waals surface area contributed by atoms with Gasteiger partial charge in [-0.1, -0.05) is 50.8 Å². The van der Waals surface area contributed by atoms with E-state index in [4.69, 9.17) is 0 Å². The Morgan fingerprint density at radius 3 is 2.30 bits per heavy atom. The Hall–Kier alpha value is 0.700. The molecule has 0 saturated heterocycles. The van der Waals surface area contributed by atoms with E-state index < -0.39 is 0 Å². The summed E-state index contributed by atoms with van der Waals surface area (Å²) in [6.45, 7) is 0. The van der Waals surface area contributed by atoms with Gasteiger partial charge in [-0.25, -0.2) is 0 Å². The third-order valence-electron chi connectivity index (χ3n) is 1.34. The van der Waals surface area contributed by atoms with Gasteiger partial charge in [0.1, 0.15) is 0 Å². The monoisotopic (exact) mass is 268 g/mol. The average molecular weight is 270 g/mol. The third kappa shape index (κ3) is 8.70. The van der Waals surface area contributed by atoms with E-state index >= 15 is 0 Å². The molecule has 0 aromatic heterocycles. The Morgan fingerprint density at radius 2 is 1.70 bits per heavy atom. The number of allylic oxidation sites excluding steroid dienone is 1. The van der Waals surface area contributed by atoms with Crippen molar-refractivity contribution < 1.29 is 0 Å². The SMILES string of the molecule is BrC=CCCCCCCBr. The standard InChI is InChI=1S/C8H14Br2/c9-7-5-3-1-2-4-6-8-10/h5,7H,1-4,6,8H2. The fourth-order valence-electron chi connectivity index (χ4n) is 0.773. The van der Waals surface area contributed by atoms with Crippen LogP contribution in [0, 0.1) is 0 Å². The highest BCUT2D eigenvalue weighted by Crippen LogP contribution is 2.05. The maximum Gasteiger partial charge on any atom is 0.00313 e. The van der Waals surface area contributed by atoms with Crippen molar-refractivity contribution in [1.29, 1.82) is 0 Å². The minimum atomic E-state index is 1.15. The van der Waals surface area contributed by atoms with Gasteiger partial charge in [0.25, 0.3) is 0 Å². The first-order chi connectivity index (χ1) is 4.91. The molecule has 0 aromatic carbocycles. The molecule has 2 heteroatoms. The van der Waals surface area contributed by atoms with Crippen LogP contribution < -0.4 is 0 Å². The van der Waals surface area contributed by atoms with Crippen LogP contribution in [0.25, 0.3) is 0 Å². The van der Waals surface area contributed by atoms with Gasteiger partial charge < -0.3 is 0 Å². The van der Waals surface area contributed by atoms with E-state index in [9.17, 15) is 0 Å². The normalized spacial score (nSPS) is 11.0. The van der Waals surface area contributed by atoms with Crippen LogP contribution in [0.4, 0.5) is 0 Å². The second-order valence-electron chi connectivity index (χ2n) is 2.25. The molecule has 0 aliphatic rings. The van der Waals surface area contributed by atoms with Gasteiger partial charge in [0.05, 0.1) is 0 Å². The van der Waals surface area contributed by atoms with Crippen LogP contribution in [0.2, 0.25) is 0 Å². The molecule has 0 aliphatic heterocycles. The summed E-state index contributed by atoms with van der Waals surface area (Å²) in [7, 11) is 0. The van der Waals surface area contributed by atoms with E-state index in [1.54, 1.807) is 0 Å². The molecule has 10 heavy (non-hydrogen) atoms. The van der Waals surface area contributed by atoms with Gasteiger partial charge in [0.2, 0.25) is 0 Å². The molecule has 0 unspecified atom stereocenters. The van der Waals surface area contributed by atoms with Gasteiger partial charge in [-0.2, -0.15) is 0 Å². The first kappa shape index (κ1) is 10.7. The molecule has 0 atom stereocenters. The van der Waals surface area contributed by atoms with Gasteiger partial charge in [-0.15, -0.1) is 0 Å². The summed E-state index contributed by atoms with van der Waals surface area (Å²) in [4.78, 5) is 1.94. The van der Waals surface area contributed by atoms with E-state index in [0.29, 0.717) is 0 Å². The van der Waals surface area contributed by atoms with Gasteiger partial charge in [0.15, 0.2) is 0 Å². The summed E-state index contributed by atoms with van der Waals surface area (Å²) in [6.07, 6.45) is 8.75. The average Bonchev–Trinajstić information content (AvgIpc) is 1.97. The molecule has 0 rings (SSSR count). The second kappa shape index (κ2) is 9.70. The summed E-state index contributed by atoms with van der Waals surface area (Å²) < 4.78 is 0. The zero-order chi connectivity index (χ0) is 7.66. The summed E-state index contributed by atoms with van der Waals surface area (Å²) in [5.74, 6) is 0. The number of hydrogen-bond acceptors (Lipinski definition) is 0. The van der Waals surface area contributed by atoms with Gasteiger partial charge >= 0.3 is 0 Å². The smallest absolute Gasteiger partial charge is 0.00313 e. The molecule has 0 heterocycles. The highest BCUT2D eigenvalue weighted by atomic mass is 79.9. The molecule has 0 bridgehead atoms. The first-order valence-electron chi connectivity index (χ1n) is 3.73. The summed E-state index contributed by atoms with van der Waals surface area (Å²) >= 11 is 6.65. The van der Waals surface area contributed by atoms with Gasteiger partial charge in [0, 0.05) is 5.33 Å². The second-order valence-corrected chi connectivity index (χ2v) is 3.58. The number of hydrogen-bond donors (Lipinski definition) is 0. The predicted octanol–water partition coefficient (Wildman–Crippen LogP) is 4.24. The molecule has 0 aromatic rings. The first-order valence-corrected chi connectivity index (χ1v) is 5.76. The fraction of sp³-hybridized carbons (Fsp3) is 0.750. The van der Waals surface area contributed by atoms with Crippen LogP contribution in [-0.4, -0.2) is 5.33 Å². The molecule has 0 fully saturated rings. The van der Waals surface area contributed by atoms with Crippen molar-refractivity contribution in [2.24, 2.45) is 0 Å². The lowest BCUT2D eigenvalue weighted by atomic mass is 10.2. The fourth-order valence-corrected chi connectivity index (χ4v) is 1.43. The third-order valence-corrected chi connectivity index (χ3v) is 2.28. The van der Waals surface area contributed by atoms with E-state index in [1.807, 2.05) is 4.99 Å². The van der Waals surface area contributed by atoms with Crippen molar-refractivity contribution >= 4 is 31.9 Å². The van der Waals surface area contributed by atoms with Crippen molar-refractivity contribution in [1.82, 2.24) is 0 Å². The molecule has 0 spiro atoms. The van der Waals surface area contributed by atoms with E-state index in [2.05, 4.69) is 37.9 Å². The minimum Gasteiger partial charge on any atom is -0.0928 e. The number of unbranched alkanes of at least 4 members (excludes halogenated alkanes) is 4. The van der Waals surface area contributed by atoms with Crippen LogP contribution in [-0.2, 0) is 0 Å². The molecule has 0 saturated carbocycles. The van der Waals surface area contributed by atoms with E-state index in [-0.39, 0.29) is 0 Å². The number of rotatable bonds is 6. The number of halogens is 2. The van der Waals surface area contributed by atoms with Crippen LogP contribution >= 0.6 is 31.9 Å². The highest BCUT2D eigenvalue weighted by Gasteiger charge is 1.85. The van der Waals surface area contributed by atoms with Crippen LogP contribution in [0.3, 0.4) is 0 Å². The molecular formula is C8H14Br2. The Labute approximate surface area is 80.3 Å². The van der Waals surface area contributed by atoms with Crippen molar-refractivity contribution in [3.8, 4) is 0 Å². The largest absolute Gasteiger partial charge is 0.0928 e. The molecule has 0 nitrogen and oxygen atoms in total. The van der Waals surface area contributed by atoms with Crippen molar-refractivity contribution in [3.05, 3.63) is 11.1 Å². The summed E-state index contributed by atoms with van der Waals surface area (Å²) in [5.41, 5.74) is 0. The maximum atomic E-state index is 3.41. The Bertz CT molecular complexity index is 79.3. The summed E-state index contributed by atoms with van der Waals surface area (Å²) in [6, 6.07) is 0. The van der Waals surface area contributed by atoms with Crippen molar-refractivity contribution in [2.75, 3.05) is 5.33 Å². The zero-order valence-electron chi connectivity index (χ0n) is 6.15. The predicted molar refractivity (Wildman–Crippen MR) is 54.9 cm³/mol. The summed E-state index contributed by atoms with van der Waals surface area (Å²) in [5, 5.41) is 1.15. The molecule has 60 valence electrons. The maximum absolute atomic E-state index is 3.41. The molecule has 0 N–H and O–H groups in total. The van der Waals surface area contributed by atoms with E-state index in [1.165, 1.54) is 32.1 Å².